The highest BCUT2D eigenvalue weighted by Gasteiger charge is 2.46. The fraction of sp³-hybridized carbons (Fsp3) is 0.308. The molecule has 0 aromatic heterocycles. The second-order valence-corrected chi connectivity index (χ2v) is 12.1. The molecule has 0 aliphatic heterocycles. The highest BCUT2D eigenvalue weighted by Crippen LogP contribution is 2.55. The van der Waals surface area contributed by atoms with Crippen molar-refractivity contribution in [2.45, 2.75) is 31.4 Å². The van der Waals surface area contributed by atoms with E-state index in [0.717, 1.165) is 22.9 Å². The summed E-state index contributed by atoms with van der Waals surface area (Å²) in [6.07, 6.45) is 1.30. The molecule has 0 unspecified atom stereocenters. The SMILES string of the molecule is COP(=O)(OC)[C@@H](OS(C)(=O)=O)[C@H](Cc1ccccc1)N(Cc1ccccc1)Cc1ccccc1. The molecule has 3 aromatic rings. The molecular weight excluding hydrogens is 485 g/mol. The van der Waals surface area contributed by atoms with Crippen LogP contribution in [0.5, 0.6) is 0 Å². The summed E-state index contributed by atoms with van der Waals surface area (Å²) < 4.78 is 54.5. The van der Waals surface area contributed by atoms with Gasteiger partial charge in [-0.1, -0.05) is 91.0 Å². The Bertz CT molecular complexity index is 1140. The first-order valence-corrected chi connectivity index (χ1v) is 14.6. The van der Waals surface area contributed by atoms with Crippen LogP contribution in [0.1, 0.15) is 16.7 Å². The minimum Gasteiger partial charge on any atom is -0.310 e. The molecule has 35 heavy (non-hydrogen) atoms. The topological polar surface area (TPSA) is 82.1 Å². The summed E-state index contributed by atoms with van der Waals surface area (Å²) in [7, 11) is -5.51. The molecule has 0 aliphatic rings. The molecule has 0 N–H and O–H groups in total. The van der Waals surface area contributed by atoms with E-state index in [1.165, 1.54) is 14.2 Å². The van der Waals surface area contributed by atoms with Gasteiger partial charge in [-0.2, -0.15) is 8.42 Å². The number of rotatable bonds is 13. The molecule has 2 atom stereocenters. The van der Waals surface area contributed by atoms with Crippen molar-refractivity contribution in [3.63, 3.8) is 0 Å². The molecule has 7 nitrogen and oxygen atoms in total. The summed E-state index contributed by atoms with van der Waals surface area (Å²) in [6, 6.07) is 28.6. The molecule has 0 spiro atoms. The van der Waals surface area contributed by atoms with Gasteiger partial charge >= 0.3 is 7.60 Å². The Labute approximate surface area is 208 Å². The molecule has 188 valence electrons. The van der Waals surface area contributed by atoms with Gasteiger partial charge in [0.2, 0.25) is 0 Å². The van der Waals surface area contributed by atoms with Gasteiger partial charge in [-0.25, -0.2) is 0 Å². The lowest BCUT2D eigenvalue weighted by atomic mass is 10.0. The number of hydrogen-bond acceptors (Lipinski definition) is 7. The second-order valence-electron chi connectivity index (χ2n) is 8.23. The number of hydrogen-bond donors (Lipinski definition) is 0. The van der Waals surface area contributed by atoms with Crippen molar-refractivity contribution in [3.8, 4) is 0 Å². The van der Waals surface area contributed by atoms with Crippen LogP contribution >= 0.6 is 7.60 Å². The van der Waals surface area contributed by atoms with Crippen molar-refractivity contribution < 1.29 is 26.2 Å². The highest BCUT2D eigenvalue weighted by atomic mass is 32.2. The van der Waals surface area contributed by atoms with E-state index in [-0.39, 0.29) is 0 Å². The third kappa shape index (κ3) is 8.10. The maximum absolute atomic E-state index is 13.7. The Morgan fingerprint density at radius 2 is 1.14 bits per heavy atom. The zero-order valence-electron chi connectivity index (χ0n) is 20.2. The van der Waals surface area contributed by atoms with Gasteiger partial charge in [-0.3, -0.25) is 13.6 Å². The Balaban J connectivity index is 2.14. The van der Waals surface area contributed by atoms with Crippen LogP contribution in [-0.2, 0) is 47.4 Å². The lowest BCUT2D eigenvalue weighted by molar-refractivity contribution is 0.0791. The summed E-state index contributed by atoms with van der Waals surface area (Å²) in [5.74, 6) is -1.39. The van der Waals surface area contributed by atoms with Crippen molar-refractivity contribution in [1.29, 1.82) is 0 Å². The zero-order valence-corrected chi connectivity index (χ0v) is 21.9. The average molecular weight is 518 g/mol. The summed E-state index contributed by atoms with van der Waals surface area (Å²) >= 11 is 0. The predicted molar refractivity (Wildman–Crippen MR) is 137 cm³/mol. The van der Waals surface area contributed by atoms with E-state index in [1.807, 2.05) is 91.0 Å². The summed E-state index contributed by atoms with van der Waals surface area (Å²) in [5, 5.41) is 0. The van der Waals surface area contributed by atoms with Gasteiger partial charge in [-0.05, 0) is 23.1 Å². The molecule has 0 saturated heterocycles. The van der Waals surface area contributed by atoms with Crippen molar-refractivity contribution >= 4 is 17.7 Å². The third-order valence-corrected chi connectivity index (χ3v) is 8.43. The van der Waals surface area contributed by atoms with Gasteiger partial charge in [0.05, 0.1) is 12.3 Å². The summed E-state index contributed by atoms with van der Waals surface area (Å²) in [6.45, 7) is 0.925. The molecular formula is C26H32NO6PS. The fourth-order valence-corrected chi connectivity index (χ4v) is 6.64. The van der Waals surface area contributed by atoms with Gasteiger partial charge in [-0.15, -0.1) is 0 Å². The normalized spacial score (nSPS) is 14.1. The molecule has 9 heteroatoms. The Hall–Kier alpha value is -2.32. The van der Waals surface area contributed by atoms with Crippen LogP contribution < -0.4 is 0 Å². The molecule has 0 aliphatic carbocycles. The molecule has 0 radical (unpaired) electrons. The van der Waals surface area contributed by atoms with E-state index in [1.54, 1.807) is 0 Å². The molecule has 0 saturated carbocycles. The first-order chi connectivity index (χ1) is 16.7. The van der Waals surface area contributed by atoms with Crippen molar-refractivity contribution in [2.24, 2.45) is 0 Å². The summed E-state index contributed by atoms with van der Waals surface area (Å²) in [4.78, 5) is 2.07. The van der Waals surface area contributed by atoms with Crippen LogP contribution in [0.15, 0.2) is 91.0 Å². The van der Waals surface area contributed by atoms with Crippen molar-refractivity contribution in [1.82, 2.24) is 4.90 Å². The van der Waals surface area contributed by atoms with Crippen LogP contribution in [0.25, 0.3) is 0 Å². The second kappa shape index (κ2) is 12.6. The van der Waals surface area contributed by atoms with E-state index < -0.39 is 29.6 Å². The van der Waals surface area contributed by atoms with Gasteiger partial charge in [0.15, 0.2) is 5.85 Å². The first kappa shape index (κ1) is 27.3. The van der Waals surface area contributed by atoms with Crippen LogP contribution in [0.4, 0.5) is 0 Å². The third-order valence-electron chi connectivity index (χ3n) is 5.64. The lowest BCUT2D eigenvalue weighted by Crippen LogP contribution is -2.46. The first-order valence-electron chi connectivity index (χ1n) is 11.2. The predicted octanol–water partition coefficient (Wildman–Crippen LogP) is 5.09. The van der Waals surface area contributed by atoms with Gasteiger partial charge in [0.25, 0.3) is 10.1 Å². The van der Waals surface area contributed by atoms with Crippen molar-refractivity contribution in [3.05, 3.63) is 108 Å². The number of benzene rings is 3. The highest BCUT2D eigenvalue weighted by molar-refractivity contribution is 7.86. The Morgan fingerprint density at radius 1 is 0.743 bits per heavy atom. The maximum atomic E-state index is 13.7. The molecule has 0 amide bonds. The van der Waals surface area contributed by atoms with Gasteiger partial charge < -0.3 is 9.05 Å². The maximum Gasteiger partial charge on any atom is 0.361 e. The standard InChI is InChI=1S/C26H32NO6PS/c1-31-34(28,32-2)26(33-35(3,29)30)25(19-22-13-7-4-8-14-22)27(20-23-15-9-5-10-16-23)21-24-17-11-6-12-18-24/h4-18,25-26H,19-21H2,1-3H3/t25-,26+/m0/s1. The largest absolute Gasteiger partial charge is 0.361 e. The van der Waals surface area contributed by atoms with Gasteiger partial charge in [0.1, 0.15) is 0 Å². The fourth-order valence-electron chi connectivity index (χ4n) is 3.98. The minimum absolute atomic E-state index is 0.359. The van der Waals surface area contributed by atoms with Crippen LogP contribution in [-0.4, -0.2) is 45.7 Å². The Kier molecular flexibility index (Phi) is 9.80. The van der Waals surface area contributed by atoms with E-state index in [0.29, 0.717) is 19.5 Å². The molecule has 0 heterocycles. The number of nitrogens with zero attached hydrogens (tertiary/aromatic N) is 1. The Morgan fingerprint density at radius 3 is 1.51 bits per heavy atom. The molecule has 0 bridgehead atoms. The molecule has 0 fully saturated rings. The smallest absolute Gasteiger partial charge is 0.310 e. The monoisotopic (exact) mass is 517 g/mol. The minimum atomic E-state index is -4.00. The molecule has 3 rings (SSSR count). The van der Waals surface area contributed by atoms with E-state index in [2.05, 4.69) is 4.90 Å². The lowest BCUT2D eigenvalue weighted by Gasteiger charge is -2.38. The average Bonchev–Trinajstić information content (AvgIpc) is 2.86. The zero-order chi connectivity index (χ0) is 25.3. The van der Waals surface area contributed by atoms with Crippen LogP contribution in [0.3, 0.4) is 0 Å². The van der Waals surface area contributed by atoms with E-state index >= 15 is 0 Å². The van der Waals surface area contributed by atoms with E-state index in [9.17, 15) is 13.0 Å². The quantitative estimate of drug-likeness (QED) is 0.231. The van der Waals surface area contributed by atoms with Crippen LogP contribution in [0.2, 0.25) is 0 Å². The summed E-state index contributed by atoms with van der Waals surface area (Å²) in [5.41, 5.74) is 2.97. The molecule has 3 aromatic carbocycles. The van der Waals surface area contributed by atoms with Crippen LogP contribution in [0, 0.1) is 0 Å². The van der Waals surface area contributed by atoms with E-state index in [4.69, 9.17) is 13.2 Å². The van der Waals surface area contributed by atoms with Crippen molar-refractivity contribution in [2.75, 3.05) is 20.5 Å². The van der Waals surface area contributed by atoms with Gasteiger partial charge in [0, 0.05) is 27.3 Å².